The van der Waals surface area contributed by atoms with Crippen molar-refractivity contribution in [2.75, 3.05) is 13.1 Å². The fourth-order valence-corrected chi connectivity index (χ4v) is 3.74. The van der Waals surface area contributed by atoms with Crippen molar-refractivity contribution in [3.05, 3.63) is 29.3 Å². The summed E-state index contributed by atoms with van der Waals surface area (Å²) in [6.45, 7) is 3.31. The third-order valence-electron chi connectivity index (χ3n) is 3.23. The largest absolute Gasteiger partial charge is 0.315 e. The van der Waals surface area contributed by atoms with Gasteiger partial charge in [-0.1, -0.05) is 6.07 Å². The molecule has 2 N–H and O–H groups in total. The molecule has 6 heteroatoms. The third kappa shape index (κ3) is 3.32. The highest BCUT2D eigenvalue weighted by Gasteiger charge is 2.23. The van der Waals surface area contributed by atoms with E-state index in [4.69, 9.17) is 5.26 Å². The van der Waals surface area contributed by atoms with Crippen molar-refractivity contribution in [3.63, 3.8) is 0 Å². The lowest BCUT2D eigenvalue weighted by Crippen LogP contribution is -2.45. The lowest BCUT2D eigenvalue weighted by atomic mass is 10.1. The molecule has 1 atom stereocenters. The summed E-state index contributed by atoms with van der Waals surface area (Å²) >= 11 is 0. The number of sulfonamides is 1. The third-order valence-corrected chi connectivity index (χ3v) is 4.89. The first-order valence-corrected chi connectivity index (χ1v) is 7.75. The van der Waals surface area contributed by atoms with Crippen LogP contribution < -0.4 is 10.0 Å². The minimum Gasteiger partial charge on any atom is -0.315 e. The molecule has 0 radical (unpaired) electrons. The Morgan fingerprint density at radius 3 is 2.89 bits per heavy atom. The fraction of sp³-hybridized carbons (Fsp3) is 0.462. The number of piperidine rings is 1. The first kappa shape index (κ1) is 14.0. The average molecular weight is 279 g/mol. The van der Waals surface area contributed by atoms with Gasteiger partial charge in [0, 0.05) is 12.6 Å². The normalized spacial score (nSPS) is 19.9. The standard InChI is InChI=1S/C13H17N3O2S/c1-10-4-5-11(8-14)7-13(10)19(17,18)16-12-3-2-6-15-9-12/h4-5,7,12,15-16H,2-3,6,9H2,1H3/t12-/m1/s1. The van der Waals surface area contributed by atoms with Crippen molar-refractivity contribution >= 4 is 10.0 Å². The summed E-state index contributed by atoms with van der Waals surface area (Å²) in [7, 11) is -3.56. The minimum absolute atomic E-state index is 0.0797. The first-order chi connectivity index (χ1) is 9.03. The Morgan fingerprint density at radius 1 is 1.47 bits per heavy atom. The summed E-state index contributed by atoms with van der Waals surface area (Å²) in [4.78, 5) is 0.192. The summed E-state index contributed by atoms with van der Waals surface area (Å²) in [6, 6.07) is 6.59. The van der Waals surface area contributed by atoms with Gasteiger partial charge in [-0.2, -0.15) is 5.26 Å². The van der Waals surface area contributed by atoms with Crippen LogP contribution in [0.4, 0.5) is 0 Å². The van der Waals surface area contributed by atoms with E-state index in [0.29, 0.717) is 17.7 Å². The predicted molar refractivity (Wildman–Crippen MR) is 72.1 cm³/mol. The molecule has 0 amide bonds. The molecule has 19 heavy (non-hydrogen) atoms. The highest BCUT2D eigenvalue weighted by atomic mass is 32.2. The second-order valence-electron chi connectivity index (χ2n) is 4.76. The number of aryl methyl sites for hydroxylation is 1. The Hall–Kier alpha value is -1.42. The number of nitrogens with one attached hydrogen (secondary N) is 2. The molecule has 102 valence electrons. The van der Waals surface area contributed by atoms with Crippen LogP contribution in [-0.4, -0.2) is 27.5 Å². The monoisotopic (exact) mass is 279 g/mol. The van der Waals surface area contributed by atoms with Gasteiger partial charge in [0.25, 0.3) is 0 Å². The van der Waals surface area contributed by atoms with Crippen LogP contribution in [0.1, 0.15) is 24.0 Å². The molecule has 2 rings (SSSR count). The van der Waals surface area contributed by atoms with Gasteiger partial charge in [-0.25, -0.2) is 13.1 Å². The van der Waals surface area contributed by atoms with Crippen molar-refractivity contribution in [3.8, 4) is 6.07 Å². The van der Waals surface area contributed by atoms with E-state index in [1.54, 1.807) is 19.1 Å². The summed E-state index contributed by atoms with van der Waals surface area (Å²) in [5.74, 6) is 0. The van der Waals surface area contributed by atoms with Crippen LogP contribution in [0.2, 0.25) is 0 Å². The van der Waals surface area contributed by atoms with Gasteiger partial charge in [0.1, 0.15) is 0 Å². The second kappa shape index (κ2) is 5.70. The summed E-state index contributed by atoms with van der Waals surface area (Å²) in [6.07, 6.45) is 1.80. The summed E-state index contributed by atoms with van der Waals surface area (Å²) in [5, 5.41) is 12.0. The predicted octanol–water partition coefficient (Wildman–Crippen LogP) is 0.897. The summed E-state index contributed by atoms with van der Waals surface area (Å²) in [5.41, 5.74) is 1.00. The van der Waals surface area contributed by atoms with E-state index in [1.165, 1.54) is 6.07 Å². The molecule has 1 saturated heterocycles. The van der Waals surface area contributed by atoms with Crippen molar-refractivity contribution in [1.29, 1.82) is 5.26 Å². The Bertz CT molecular complexity index is 599. The highest BCUT2D eigenvalue weighted by molar-refractivity contribution is 7.89. The summed E-state index contributed by atoms with van der Waals surface area (Å²) < 4.78 is 27.4. The van der Waals surface area contributed by atoms with Gasteiger partial charge in [-0.05, 0) is 44.0 Å². The van der Waals surface area contributed by atoms with Crippen molar-refractivity contribution in [1.82, 2.24) is 10.0 Å². The molecule has 0 unspecified atom stereocenters. The number of nitrogens with zero attached hydrogens (tertiary/aromatic N) is 1. The quantitative estimate of drug-likeness (QED) is 0.861. The van der Waals surface area contributed by atoms with Gasteiger partial charge in [0.05, 0.1) is 16.5 Å². The maximum Gasteiger partial charge on any atom is 0.241 e. The maximum absolute atomic E-state index is 12.3. The van der Waals surface area contributed by atoms with Gasteiger partial charge < -0.3 is 5.32 Å². The van der Waals surface area contributed by atoms with E-state index >= 15 is 0 Å². The van der Waals surface area contributed by atoms with E-state index < -0.39 is 10.0 Å². The first-order valence-electron chi connectivity index (χ1n) is 6.27. The minimum atomic E-state index is -3.56. The number of rotatable bonds is 3. The molecular weight excluding hydrogens is 262 g/mol. The second-order valence-corrected chi connectivity index (χ2v) is 6.44. The molecule has 1 aromatic rings. The molecule has 0 saturated carbocycles. The van der Waals surface area contributed by atoms with Crippen LogP contribution in [0, 0.1) is 18.3 Å². The van der Waals surface area contributed by atoms with Crippen molar-refractivity contribution < 1.29 is 8.42 Å². The van der Waals surface area contributed by atoms with Gasteiger partial charge >= 0.3 is 0 Å². The van der Waals surface area contributed by atoms with Crippen LogP contribution in [-0.2, 0) is 10.0 Å². The van der Waals surface area contributed by atoms with E-state index in [2.05, 4.69) is 10.0 Å². The molecule has 0 bridgehead atoms. The SMILES string of the molecule is Cc1ccc(C#N)cc1S(=O)(=O)N[C@@H]1CCCNC1. The van der Waals surface area contributed by atoms with Crippen LogP contribution in [0.15, 0.2) is 23.1 Å². The smallest absolute Gasteiger partial charge is 0.241 e. The van der Waals surface area contributed by atoms with Gasteiger partial charge in [0.15, 0.2) is 0 Å². The average Bonchev–Trinajstić information content (AvgIpc) is 2.39. The Morgan fingerprint density at radius 2 is 2.26 bits per heavy atom. The zero-order chi connectivity index (χ0) is 13.9. The number of hydrogen-bond acceptors (Lipinski definition) is 4. The number of nitriles is 1. The van der Waals surface area contributed by atoms with Gasteiger partial charge in [-0.15, -0.1) is 0 Å². The molecule has 1 aliphatic heterocycles. The molecule has 1 fully saturated rings. The fourth-order valence-electron chi connectivity index (χ4n) is 2.19. The van der Waals surface area contributed by atoms with Crippen LogP contribution in [0.5, 0.6) is 0 Å². The van der Waals surface area contributed by atoms with Gasteiger partial charge in [0.2, 0.25) is 10.0 Å². The maximum atomic E-state index is 12.3. The van der Waals surface area contributed by atoms with Gasteiger partial charge in [-0.3, -0.25) is 0 Å². The Balaban J connectivity index is 2.26. The van der Waals surface area contributed by atoms with E-state index in [-0.39, 0.29) is 10.9 Å². The van der Waals surface area contributed by atoms with Crippen LogP contribution in [0.25, 0.3) is 0 Å². The zero-order valence-corrected chi connectivity index (χ0v) is 11.6. The van der Waals surface area contributed by atoms with Crippen LogP contribution >= 0.6 is 0 Å². The zero-order valence-electron chi connectivity index (χ0n) is 10.8. The van der Waals surface area contributed by atoms with E-state index in [0.717, 1.165) is 19.4 Å². The lowest BCUT2D eigenvalue weighted by molar-refractivity contribution is 0.428. The topological polar surface area (TPSA) is 82.0 Å². The Kier molecular flexibility index (Phi) is 4.20. The van der Waals surface area contributed by atoms with Crippen molar-refractivity contribution in [2.24, 2.45) is 0 Å². The van der Waals surface area contributed by atoms with Crippen LogP contribution in [0.3, 0.4) is 0 Å². The Labute approximate surface area is 113 Å². The molecule has 1 aromatic carbocycles. The van der Waals surface area contributed by atoms with E-state index in [1.807, 2.05) is 6.07 Å². The molecule has 5 nitrogen and oxygen atoms in total. The lowest BCUT2D eigenvalue weighted by Gasteiger charge is -2.24. The van der Waals surface area contributed by atoms with Crippen molar-refractivity contribution in [2.45, 2.75) is 30.7 Å². The highest BCUT2D eigenvalue weighted by Crippen LogP contribution is 2.18. The molecule has 1 heterocycles. The van der Waals surface area contributed by atoms with E-state index in [9.17, 15) is 8.42 Å². The molecule has 0 aromatic heterocycles. The molecule has 0 aliphatic carbocycles. The molecule has 1 aliphatic rings. The molecule has 0 spiro atoms. The molecular formula is C13H17N3O2S. The number of benzene rings is 1. The number of hydrogen-bond donors (Lipinski definition) is 2.